The zero-order chi connectivity index (χ0) is 10.6. The zero-order valence-electron chi connectivity index (χ0n) is 9.07. The van der Waals surface area contributed by atoms with Gasteiger partial charge in [0.15, 0.2) is 0 Å². The molecule has 2 nitrogen and oxygen atoms in total. The Labute approximate surface area is 86.0 Å². The van der Waals surface area contributed by atoms with Crippen molar-refractivity contribution < 1.29 is 5.11 Å². The Balaban J connectivity index is 2.53. The standard InChI is InChI=1S/C12H19NO/c1-9(2)12(14)10(3)13-11-7-5-4-6-8-11/h4-10,12-14H,1-3H3/t10-,12+/m0/s1. The number of para-hydroxylation sites is 1. The third kappa shape index (κ3) is 3.04. The van der Waals surface area contributed by atoms with Gasteiger partial charge in [0.2, 0.25) is 0 Å². The largest absolute Gasteiger partial charge is 0.391 e. The molecule has 78 valence electrons. The molecule has 0 amide bonds. The Kier molecular flexibility index (Phi) is 3.96. The highest BCUT2D eigenvalue weighted by Crippen LogP contribution is 2.12. The summed E-state index contributed by atoms with van der Waals surface area (Å²) in [5, 5.41) is 13.1. The molecule has 0 aliphatic carbocycles. The molecule has 0 aromatic heterocycles. The molecular weight excluding hydrogens is 174 g/mol. The van der Waals surface area contributed by atoms with E-state index in [9.17, 15) is 5.11 Å². The molecule has 0 unspecified atom stereocenters. The molecule has 0 spiro atoms. The summed E-state index contributed by atoms with van der Waals surface area (Å²) in [7, 11) is 0. The summed E-state index contributed by atoms with van der Waals surface area (Å²) in [6.45, 7) is 6.04. The van der Waals surface area contributed by atoms with Crippen LogP contribution >= 0.6 is 0 Å². The highest BCUT2D eigenvalue weighted by Gasteiger charge is 2.16. The fourth-order valence-electron chi connectivity index (χ4n) is 1.46. The first kappa shape index (κ1) is 11.1. The van der Waals surface area contributed by atoms with Gasteiger partial charge in [0.1, 0.15) is 0 Å². The predicted molar refractivity (Wildman–Crippen MR) is 60.4 cm³/mol. The van der Waals surface area contributed by atoms with Gasteiger partial charge in [0.05, 0.1) is 6.10 Å². The third-order valence-electron chi connectivity index (χ3n) is 2.36. The lowest BCUT2D eigenvalue weighted by atomic mass is 10.0. The van der Waals surface area contributed by atoms with Crippen LogP contribution in [0, 0.1) is 5.92 Å². The summed E-state index contributed by atoms with van der Waals surface area (Å²) >= 11 is 0. The van der Waals surface area contributed by atoms with Gasteiger partial charge in [-0.3, -0.25) is 0 Å². The van der Waals surface area contributed by atoms with Gasteiger partial charge in [0.25, 0.3) is 0 Å². The third-order valence-corrected chi connectivity index (χ3v) is 2.36. The quantitative estimate of drug-likeness (QED) is 0.770. The lowest BCUT2D eigenvalue weighted by Gasteiger charge is -2.24. The van der Waals surface area contributed by atoms with Crippen LogP contribution in [0.1, 0.15) is 20.8 Å². The number of hydrogen-bond acceptors (Lipinski definition) is 2. The number of aliphatic hydroxyl groups is 1. The number of aliphatic hydroxyl groups excluding tert-OH is 1. The van der Waals surface area contributed by atoms with Gasteiger partial charge >= 0.3 is 0 Å². The fraction of sp³-hybridized carbons (Fsp3) is 0.500. The van der Waals surface area contributed by atoms with Crippen LogP contribution in [0.2, 0.25) is 0 Å². The van der Waals surface area contributed by atoms with E-state index in [4.69, 9.17) is 0 Å². The molecule has 0 aliphatic rings. The number of benzene rings is 1. The topological polar surface area (TPSA) is 32.3 Å². The summed E-state index contributed by atoms with van der Waals surface area (Å²) < 4.78 is 0. The van der Waals surface area contributed by atoms with Gasteiger partial charge < -0.3 is 10.4 Å². The molecule has 0 radical (unpaired) electrons. The van der Waals surface area contributed by atoms with E-state index in [2.05, 4.69) is 5.32 Å². The van der Waals surface area contributed by atoms with Gasteiger partial charge in [0, 0.05) is 11.7 Å². The second-order valence-electron chi connectivity index (χ2n) is 4.03. The number of rotatable bonds is 4. The molecule has 0 saturated carbocycles. The van der Waals surface area contributed by atoms with E-state index in [1.165, 1.54) is 0 Å². The summed E-state index contributed by atoms with van der Waals surface area (Å²) in [6, 6.07) is 10.0. The zero-order valence-corrected chi connectivity index (χ0v) is 9.07. The summed E-state index contributed by atoms with van der Waals surface area (Å²) in [6.07, 6.45) is -0.310. The van der Waals surface area contributed by atoms with Crippen LogP contribution < -0.4 is 5.32 Å². The first-order valence-corrected chi connectivity index (χ1v) is 5.11. The van der Waals surface area contributed by atoms with Crippen LogP contribution in [-0.4, -0.2) is 17.3 Å². The van der Waals surface area contributed by atoms with Crippen molar-refractivity contribution in [1.82, 2.24) is 0 Å². The van der Waals surface area contributed by atoms with Crippen molar-refractivity contribution in [2.75, 3.05) is 5.32 Å². The van der Waals surface area contributed by atoms with E-state index in [1.807, 2.05) is 51.1 Å². The average Bonchev–Trinajstić information content (AvgIpc) is 2.18. The van der Waals surface area contributed by atoms with Crippen molar-refractivity contribution in [2.24, 2.45) is 5.92 Å². The average molecular weight is 193 g/mol. The molecule has 1 rings (SSSR count). The maximum atomic E-state index is 9.79. The van der Waals surface area contributed by atoms with Crippen molar-refractivity contribution in [1.29, 1.82) is 0 Å². The number of anilines is 1. The molecular formula is C12H19NO. The minimum atomic E-state index is -0.310. The Morgan fingerprint density at radius 3 is 2.14 bits per heavy atom. The molecule has 2 heteroatoms. The Morgan fingerprint density at radius 1 is 1.07 bits per heavy atom. The molecule has 1 aromatic carbocycles. The Morgan fingerprint density at radius 2 is 1.64 bits per heavy atom. The van der Waals surface area contributed by atoms with Gasteiger partial charge in [-0.25, -0.2) is 0 Å². The first-order chi connectivity index (χ1) is 6.61. The van der Waals surface area contributed by atoms with E-state index in [-0.39, 0.29) is 18.1 Å². The summed E-state index contributed by atoms with van der Waals surface area (Å²) in [4.78, 5) is 0. The van der Waals surface area contributed by atoms with Crippen LogP contribution in [-0.2, 0) is 0 Å². The van der Waals surface area contributed by atoms with Gasteiger partial charge in [-0.2, -0.15) is 0 Å². The van der Waals surface area contributed by atoms with Crippen molar-refractivity contribution in [3.8, 4) is 0 Å². The fourth-order valence-corrected chi connectivity index (χ4v) is 1.46. The molecule has 1 aromatic rings. The van der Waals surface area contributed by atoms with Crippen molar-refractivity contribution in [2.45, 2.75) is 32.9 Å². The molecule has 0 bridgehead atoms. The molecule has 0 aliphatic heterocycles. The maximum absolute atomic E-state index is 9.79. The lowest BCUT2D eigenvalue weighted by molar-refractivity contribution is 0.110. The SMILES string of the molecule is CC(C)[C@@H](O)[C@H](C)Nc1ccccc1. The van der Waals surface area contributed by atoms with E-state index in [1.54, 1.807) is 0 Å². The number of hydrogen-bond donors (Lipinski definition) is 2. The highest BCUT2D eigenvalue weighted by molar-refractivity contribution is 5.43. The molecule has 0 heterocycles. The van der Waals surface area contributed by atoms with Gasteiger partial charge in [-0.15, -0.1) is 0 Å². The van der Waals surface area contributed by atoms with Crippen LogP contribution in [0.5, 0.6) is 0 Å². The Hall–Kier alpha value is -1.02. The van der Waals surface area contributed by atoms with E-state index >= 15 is 0 Å². The second-order valence-corrected chi connectivity index (χ2v) is 4.03. The molecule has 2 atom stereocenters. The molecule has 0 saturated heterocycles. The van der Waals surface area contributed by atoms with Crippen LogP contribution in [0.25, 0.3) is 0 Å². The minimum Gasteiger partial charge on any atom is -0.391 e. The van der Waals surface area contributed by atoms with E-state index in [0.717, 1.165) is 5.69 Å². The molecule has 0 fully saturated rings. The highest BCUT2D eigenvalue weighted by atomic mass is 16.3. The van der Waals surface area contributed by atoms with E-state index < -0.39 is 0 Å². The second kappa shape index (κ2) is 5.01. The predicted octanol–water partition coefficient (Wildman–Crippen LogP) is 2.50. The molecule has 2 N–H and O–H groups in total. The van der Waals surface area contributed by atoms with Crippen LogP contribution in [0.3, 0.4) is 0 Å². The lowest BCUT2D eigenvalue weighted by Crippen LogP contribution is -2.34. The van der Waals surface area contributed by atoms with Crippen molar-refractivity contribution >= 4 is 5.69 Å². The minimum absolute atomic E-state index is 0.0809. The van der Waals surface area contributed by atoms with Crippen molar-refractivity contribution in [3.63, 3.8) is 0 Å². The normalized spacial score (nSPS) is 15.2. The van der Waals surface area contributed by atoms with Crippen molar-refractivity contribution in [3.05, 3.63) is 30.3 Å². The first-order valence-electron chi connectivity index (χ1n) is 5.11. The maximum Gasteiger partial charge on any atom is 0.0761 e. The summed E-state index contributed by atoms with van der Waals surface area (Å²) in [5.74, 6) is 0.279. The van der Waals surface area contributed by atoms with Crippen LogP contribution in [0.15, 0.2) is 30.3 Å². The Bertz CT molecular complexity index is 258. The van der Waals surface area contributed by atoms with Gasteiger partial charge in [-0.1, -0.05) is 32.0 Å². The van der Waals surface area contributed by atoms with Gasteiger partial charge in [-0.05, 0) is 25.0 Å². The summed E-state index contributed by atoms with van der Waals surface area (Å²) in [5.41, 5.74) is 1.06. The number of nitrogens with one attached hydrogen (secondary N) is 1. The van der Waals surface area contributed by atoms with Crippen LogP contribution in [0.4, 0.5) is 5.69 Å². The van der Waals surface area contributed by atoms with E-state index in [0.29, 0.717) is 0 Å². The smallest absolute Gasteiger partial charge is 0.0761 e. The monoisotopic (exact) mass is 193 g/mol. The molecule has 14 heavy (non-hydrogen) atoms.